The highest BCUT2D eigenvalue weighted by molar-refractivity contribution is 6.30. The highest BCUT2D eigenvalue weighted by atomic mass is 35.5. The smallest absolute Gasteiger partial charge is 0.176 e. The molecule has 1 aromatic rings. The molecule has 0 spiro atoms. The van der Waals surface area contributed by atoms with Crippen LogP contribution in [0.25, 0.3) is 0 Å². The molecular formula is C15H21ClN2O. The molecule has 0 radical (unpaired) electrons. The quantitative estimate of drug-likeness (QED) is 0.792. The standard InChI is InChI=1S/C15H21ClN2O/c1-12(2)18-9-7-17(8-10-18)11-15(19)13-3-5-14(16)6-4-13/h3-6,12H,7-11H2,1-2H3. The third-order valence-corrected chi connectivity index (χ3v) is 3.92. The summed E-state index contributed by atoms with van der Waals surface area (Å²) in [6.45, 7) is 8.97. The zero-order chi connectivity index (χ0) is 13.8. The largest absolute Gasteiger partial charge is 0.298 e. The lowest BCUT2D eigenvalue weighted by Gasteiger charge is -2.36. The number of carbonyl (C=O) groups is 1. The van der Waals surface area contributed by atoms with E-state index in [4.69, 9.17) is 11.6 Å². The Morgan fingerprint density at radius 1 is 1.16 bits per heavy atom. The number of rotatable bonds is 4. The molecule has 1 aromatic carbocycles. The van der Waals surface area contributed by atoms with Gasteiger partial charge < -0.3 is 0 Å². The molecule has 0 unspecified atom stereocenters. The molecule has 2 rings (SSSR count). The van der Waals surface area contributed by atoms with Gasteiger partial charge in [-0.1, -0.05) is 11.6 Å². The molecule has 4 heteroatoms. The van der Waals surface area contributed by atoms with Crippen molar-refractivity contribution in [2.24, 2.45) is 0 Å². The number of hydrogen-bond acceptors (Lipinski definition) is 3. The molecule has 3 nitrogen and oxygen atoms in total. The van der Waals surface area contributed by atoms with Crippen LogP contribution in [-0.4, -0.2) is 54.3 Å². The number of nitrogens with zero attached hydrogens (tertiary/aromatic N) is 2. The fourth-order valence-electron chi connectivity index (χ4n) is 2.37. The summed E-state index contributed by atoms with van der Waals surface area (Å²) < 4.78 is 0. The number of carbonyl (C=O) groups excluding carboxylic acids is 1. The maximum atomic E-state index is 12.1. The Hall–Kier alpha value is -0.900. The summed E-state index contributed by atoms with van der Waals surface area (Å²) in [6, 6.07) is 7.73. The lowest BCUT2D eigenvalue weighted by Crippen LogP contribution is -2.50. The average Bonchev–Trinajstić information content (AvgIpc) is 2.40. The minimum atomic E-state index is 0.176. The van der Waals surface area contributed by atoms with Gasteiger partial charge in [-0.2, -0.15) is 0 Å². The highest BCUT2D eigenvalue weighted by Gasteiger charge is 2.20. The summed E-state index contributed by atoms with van der Waals surface area (Å²) >= 11 is 5.83. The van der Waals surface area contributed by atoms with Gasteiger partial charge in [0.2, 0.25) is 0 Å². The van der Waals surface area contributed by atoms with Gasteiger partial charge in [0.25, 0.3) is 0 Å². The summed E-state index contributed by atoms with van der Waals surface area (Å²) in [5, 5.41) is 0.669. The van der Waals surface area contributed by atoms with Crippen molar-refractivity contribution in [3.8, 4) is 0 Å². The molecule has 1 heterocycles. The Kier molecular flexibility index (Phi) is 4.97. The minimum absolute atomic E-state index is 0.176. The van der Waals surface area contributed by atoms with E-state index in [0.717, 1.165) is 31.7 Å². The van der Waals surface area contributed by atoms with Gasteiger partial charge in [0.05, 0.1) is 6.54 Å². The molecule has 104 valence electrons. The van der Waals surface area contributed by atoms with E-state index in [1.807, 2.05) is 0 Å². The van der Waals surface area contributed by atoms with Gasteiger partial charge in [0.1, 0.15) is 0 Å². The van der Waals surface area contributed by atoms with Crippen LogP contribution in [0.5, 0.6) is 0 Å². The Bertz CT molecular complexity index is 422. The van der Waals surface area contributed by atoms with Crippen LogP contribution in [0, 0.1) is 0 Å². The van der Waals surface area contributed by atoms with Gasteiger partial charge in [-0.05, 0) is 38.1 Å². The zero-order valence-electron chi connectivity index (χ0n) is 11.6. The number of ketones is 1. The maximum Gasteiger partial charge on any atom is 0.176 e. The second-order valence-electron chi connectivity index (χ2n) is 5.34. The predicted octanol–water partition coefficient (Wildman–Crippen LogP) is 2.55. The summed E-state index contributed by atoms with van der Waals surface area (Å²) in [4.78, 5) is 16.8. The molecule has 0 saturated carbocycles. The topological polar surface area (TPSA) is 23.6 Å². The molecule has 1 fully saturated rings. The summed E-state index contributed by atoms with van der Waals surface area (Å²) in [5.41, 5.74) is 0.746. The van der Waals surface area contributed by atoms with E-state index in [9.17, 15) is 4.79 Å². The molecular weight excluding hydrogens is 260 g/mol. The van der Waals surface area contributed by atoms with Crippen LogP contribution in [0.3, 0.4) is 0 Å². The Morgan fingerprint density at radius 3 is 2.26 bits per heavy atom. The fraction of sp³-hybridized carbons (Fsp3) is 0.533. The molecule has 0 aliphatic carbocycles. The third-order valence-electron chi connectivity index (χ3n) is 3.67. The molecule has 0 amide bonds. The number of piperazine rings is 1. The first-order chi connectivity index (χ1) is 9.06. The van der Waals surface area contributed by atoms with E-state index in [-0.39, 0.29) is 5.78 Å². The molecule has 1 aliphatic heterocycles. The van der Waals surface area contributed by atoms with Gasteiger partial charge in [0.15, 0.2) is 5.78 Å². The van der Waals surface area contributed by atoms with E-state index in [0.29, 0.717) is 17.6 Å². The first-order valence-corrected chi connectivity index (χ1v) is 7.19. The van der Waals surface area contributed by atoms with Crippen molar-refractivity contribution >= 4 is 17.4 Å². The van der Waals surface area contributed by atoms with Crippen molar-refractivity contribution in [1.82, 2.24) is 9.80 Å². The van der Waals surface area contributed by atoms with Crippen molar-refractivity contribution in [2.75, 3.05) is 32.7 Å². The maximum absolute atomic E-state index is 12.1. The number of halogens is 1. The fourth-order valence-corrected chi connectivity index (χ4v) is 2.49. The first-order valence-electron chi connectivity index (χ1n) is 6.81. The van der Waals surface area contributed by atoms with E-state index in [1.165, 1.54) is 0 Å². The van der Waals surface area contributed by atoms with Crippen LogP contribution in [0.15, 0.2) is 24.3 Å². The normalized spacial score (nSPS) is 17.9. The van der Waals surface area contributed by atoms with Crippen molar-refractivity contribution in [3.05, 3.63) is 34.9 Å². The number of hydrogen-bond donors (Lipinski definition) is 0. The van der Waals surface area contributed by atoms with Crippen LogP contribution >= 0.6 is 11.6 Å². The van der Waals surface area contributed by atoms with Crippen molar-refractivity contribution in [1.29, 1.82) is 0 Å². The molecule has 1 saturated heterocycles. The third kappa shape index (κ3) is 4.03. The zero-order valence-corrected chi connectivity index (χ0v) is 12.4. The van der Waals surface area contributed by atoms with Gasteiger partial charge in [-0.25, -0.2) is 0 Å². The lowest BCUT2D eigenvalue weighted by atomic mass is 10.1. The lowest BCUT2D eigenvalue weighted by molar-refractivity contribution is 0.0807. The second kappa shape index (κ2) is 6.51. The SMILES string of the molecule is CC(C)N1CCN(CC(=O)c2ccc(Cl)cc2)CC1. The van der Waals surface area contributed by atoms with E-state index < -0.39 is 0 Å². The molecule has 0 aromatic heterocycles. The highest BCUT2D eigenvalue weighted by Crippen LogP contribution is 2.11. The number of benzene rings is 1. The molecule has 1 aliphatic rings. The van der Waals surface area contributed by atoms with Crippen LogP contribution in [0.2, 0.25) is 5.02 Å². The summed E-state index contributed by atoms with van der Waals surface area (Å²) in [7, 11) is 0. The van der Waals surface area contributed by atoms with Crippen LogP contribution in [0.4, 0.5) is 0 Å². The van der Waals surface area contributed by atoms with Crippen LogP contribution < -0.4 is 0 Å². The van der Waals surface area contributed by atoms with Crippen molar-refractivity contribution in [3.63, 3.8) is 0 Å². The van der Waals surface area contributed by atoms with Gasteiger partial charge in [-0.15, -0.1) is 0 Å². The van der Waals surface area contributed by atoms with E-state index >= 15 is 0 Å². The van der Waals surface area contributed by atoms with Crippen LogP contribution in [-0.2, 0) is 0 Å². The second-order valence-corrected chi connectivity index (χ2v) is 5.77. The number of Topliss-reactive ketones (excluding diaryl/α,β-unsaturated/α-hetero) is 1. The van der Waals surface area contributed by atoms with Crippen molar-refractivity contribution in [2.45, 2.75) is 19.9 Å². The molecule has 19 heavy (non-hydrogen) atoms. The summed E-state index contributed by atoms with van der Waals surface area (Å²) in [5.74, 6) is 0.176. The minimum Gasteiger partial charge on any atom is -0.298 e. The van der Waals surface area contributed by atoms with Gasteiger partial charge in [-0.3, -0.25) is 14.6 Å². The Morgan fingerprint density at radius 2 is 1.74 bits per heavy atom. The Balaban J connectivity index is 1.85. The molecule has 0 atom stereocenters. The van der Waals surface area contributed by atoms with Crippen molar-refractivity contribution < 1.29 is 4.79 Å². The monoisotopic (exact) mass is 280 g/mol. The first kappa shape index (κ1) is 14.5. The van der Waals surface area contributed by atoms with Crippen LogP contribution in [0.1, 0.15) is 24.2 Å². The molecule has 0 N–H and O–H groups in total. The average molecular weight is 281 g/mol. The van der Waals surface area contributed by atoms with E-state index in [2.05, 4.69) is 23.6 Å². The van der Waals surface area contributed by atoms with Gasteiger partial charge >= 0.3 is 0 Å². The Labute approximate surface area is 120 Å². The van der Waals surface area contributed by atoms with E-state index in [1.54, 1.807) is 24.3 Å². The molecule has 0 bridgehead atoms. The van der Waals surface area contributed by atoms with Gasteiger partial charge in [0, 0.05) is 42.8 Å². The summed E-state index contributed by atoms with van der Waals surface area (Å²) in [6.07, 6.45) is 0. The predicted molar refractivity (Wildman–Crippen MR) is 78.9 cm³/mol.